The van der Waals surface area contributed by atoms with E-state index >= 15 is 0 Å². The largest absolute Gasteiger partial charge is 0.572 e. The Kier molecular flexibility index (Phi) is 13.7. The van der Waals surface area contributed by atoms with Crippen LogP contribution in [-0.2, 0) is 31.2 Å². The van der Waals surface area contributed by atoms with Gasteiger partial charge < -0.3 is 19.9 Å². The Morgan fingerprint density at radius 2 is 1.61 bits per heavy atom. The number of hydrogen-bond donors (Lipinski definition) is 3. The molecule has 2 amide bonds. The molecule has 0 radical (unpaired) electrons. The SMILES string of the molecule is C=S(=O)(O)CCNC(=O)c1ccc(CC(C(=O)N/C(C)=C/C=C(\C)OC(F)(F)F)c2ccc(C(C)(C)[C@@H](CC)C(C)C)cc2)cc1. The van der Waals surface area contributed by atoms with E-state index in [1.807, 2.05) is 24.3 Å². The van der Waals surface area contributed by atoms with Crippen LogP contribution in [0.15, 0.2) is 72.1 Å². The van der Waals surface area contributed by atoms with Gasteiger partial charge in [0.15, 0.2) is 0 Å². The molecular formula is C35H47F3N2O5S. The van der Waals surface area contributed by atoms with E-state index in [0.717, 1.165) is 29.2 Å². The lowest BCUT2D eigenvalue weighted by Crippen LogP contribution is -2.32. The first-order valence-electron chi connectivity index (χ1n) is 15.2. The molecule has 2 unspecified atom stereocenters. The number of carbonyl (C=O) groups excluding carboxylic acids is 2. The number of benzene rings is 2. The van der Waals surface area contributed by atoms with Gasteiger partial charge in [-0.2, -0.15) is 0 Å². The molecule has 0 saturated carbocycles. The lowest BCUT2D eigenvalue weighted by Gasteiger charge is -2.37. The molecule has 2 aromatic carbocycles. The third kappa shape index (κ3) is 12.3. The zero-order valence-corrected chi connectivity index (χ0v) is 28.5. The zero-order valence-electron chi connectivity index (χ0n) is 27.7. The second-order valence-corrected chi connectivity index (χ2v) is 14.4. The predicted molar refractivity (Wildman–Crippen MR) is 179 cm³/mol. The molecule has 2 rings (SSSR count). The predicted octanol–water partition coefficient (Wildman–Crippen LogP) is 7.35. The minimum absolute atomic E-state index is 0.00541. The standard InChI is InChI=1S/C35H47F3N2O5S/c1-9-31(23(2)3)34(6,7)29-18-16-27(17-19-29)30(33(42)40-24(4)10-11-25(5)45-35(36,37)38)22-26-12-14-28(15-13-26)32(41)39-20-21-46(8,43)44/h10-19,23,30-31H,8-9,20-22H2,1-7H3,(H,39,41)(H,40,42)(H,43,44)/b24-10+,25-11+/t30?,31-/m0/s1. The quantitative estimate of drug-likeness (QED) is 0.105. The molecule has 3 atom stereocenters. The van der Waals surface area contributed by atoms with E-state index in [-0.39, 0.29) is 35.8 Å². The van der Waals surface area contributed by atoms with Crippen molar-refractivity contribution in [2.45, 2.75) is 79.0 Å². The van der Waals surface area contributed by atoms with Crippen LogP contribution in [0.25, 0.3) is 0 Å². The fourth-order valence-corrected chi connectivity index (χ4v) is 6.19. The molecule has 0 bridgehead atoms. The van der Waals surface area contributed by atoms with Gasteiger partial charge in [-0.15, -0.1) is 13.2 Å². The van der Waals surface area contributed by atoms with Crippen LogP contribution in [0.2, 0.25) is 0 Å². The summed E-state index contributed by atoms with van der Waals surface area (Å²) in [4.78, 5) is 26.1. The summed E-state index contributed by atoms with van der Waals surface area (Å²) in [6.07, 6.45) is -1.02. The molecule has 0 aliphatic heterocycles. The van der Waals surface area contributed by atoms with Crippen LogP contribution in [0.4, 0.5) is 13.2 Å². The van der Waals surface area contributed by atoms with Crippen LogP contribution in [0.1, 0.15) is 87.9 Å². The molecular weight excluding hydrogens is 617 g/mol. The molecule has 11 heteroatoms. The van der Waals surface area contributed by atoms with Crippen molar-refractivity contribution in [2.75, 3.05) is 12.3 Å². The first-order valence-corrected chi connectivity index (χ1v) is 17.1. The highest BCUT2D eigenvalue weighted by Crippen LogP contribution is 2.39. The number of hydrogen-bond acceptors (Lipinski definition) is 4. The minimum atomic E-state index is -4.81. The Labute approximate surface area is 271 Å². The first-order chi connectivity index (χ1) is 21.2. The number of alkyl halides is 3. The first kappa shape index (κ1) is 38.6. The normalized spacial score (nSPS) is 15.6. The van der Waals surface area contributed by atoms with Gasteiger partial charge in [-0.3, -0.25) is 9.59 Å². The summed E-state index contributed by atoms with van der Waals surface area (Å²) in [7, 11) is -3.21. The summed E-state index contributed by atoms with van der Waals surface area (Å²) >= 11 is 0. The van der Waals surface area contributed by atoms with E-state index < -0.39 is 28.0 Å². The van der Waals surface area contributed by atoms with E-state index in [4.69, 9.17) is 0 Å². The van der Waals surface area contributed by atoms with Crippen molar-refractivity contribution in [2.24, 2.45) is 11.8 Å². The van der Waals surface area contributed by atoms with Gasteiger partial charge in [0.05, 0.1) is 21.5 Å². The molecule has 0 spiro atoms. The van der Waals surface area contributed by atoms with E-state index in [0.29, 0.717) is 23.1 Å². The maximum absolute atomic E-state index is 13.6. The van der Waals surface area contributed by atoms with Crippen LogP contribution in [0.5, 0.6) is 0 Å². The van der Waals surface area contributed by atoms with Gasteiger partial charge in [-0.05, 0) is 84.4 Å². The number of carbonyl (C=O) groups is 2. The molecule has 0 heterocycles. The van der Waals surface area contributed by atoms with Gasteiger partial charge in [0.2, 0.25) is 5.91 Å². The Morgan fingerprint density at radius 3 is 2.11 bits per heavy atom. The summed E-state index contributed by atoms with van der Waals surface area (Å²) in [6, 6.07) is 14.7. The van der Waals surface area contributed by atoms with Gasteiger partial charge in [0, 0.05) is 17.8 Å². The van der Waals surface area contributed by atoms with Crippen LogP contribution in [0, 0.1) is 11.8 Å². The Morgan fingerprint density at radius 1 is 1.02 bits per heavy atom. The highest BCUT2D eigenvalue weighted by atomic mass is 32.2. The molecule has 0 aliphatic rings. The topological polar surface area (TPSA) is 105 Å². The van der Waals surface area contributed by atoms with Crippen molar-refractivity contribution in [1.82, 2.24) is 10.6 Å². The summed E-state index contributed by atoms with van der Waals surface area (Å²) in [5.41, 5.74) is 3.28. The Bertz CT molecular complexity index is 1490. The summed E-state index contributed by atoms with van der Waals surface area (Å²) in [5.74, 6) is 2.13. The van der Waals surface area contributed by atoms with Crippen LogP contribution >= 0.6 is 0 Å². The highest BCUT2D eigenvalue weighted by molar-refractivity contribution is 7.95. The van der Waals surface area contributed by atoms with Crippen LogP contribution in [-0.4, -0.2) is 45.1 Å². The van der Waals surface area contributed by atoms with Crippen molar-refractivity contribution in [3.8, 4) is 0 Å². The van der Waals surface area contributed by atoms with Crippen molar-refractivity contribution in [3.63, 3.8) is 0 Å². The van der Waals surface area contributed by atoms with E-state index in [9.17, 15) is 31.5 Å². The average molecular weight is 665 g/mol. The Balaban J connectivity index is 2.36. The second kappa shape index (κ2) is 16.3. The number of ether oxygens (including phenoxy) is 1. The van der Waals surface area contributed by atoms with E-state index in [1.54, 1.807) is 31.2 Å². The number of amides is 2. The number of rotatable bonds is 15. The lowest BCUT2D eigenvalue weighted by molar-refractivity contribution is -0.305. The molecule has 254 valence electrons. The van der Waals surface area contributed by atoms with E-state index in [2.05, 4.69) is 55.9 Å². The molecule has 3 N–H and O–H groups in total. The third-order valence-corrected chi connectivity index (χ3v) is 8.91. The van der Waals surface area contributed by atoms with Gasteiger partial charge >= 0.3 is 6.36 Å². The molecule has 7 nitrogen and oxygen atoms in total. The molecule has 46 heavy (non-hydrogen) atoms. The highest BCUT2D eigenvalue weighted by Gasteiger charge is 2.33. The van der Waals surface area contributed by atoms with Crippen LogP contribution in [0.3, 0.4) is 0 Å². The maximum Gasteiger partial charge on any atom is 0.572 e. The monoisotopic (exact) mass is 664 g/mol. The molecule has 0 saturated heterocycles. The number of allylic oxidation sites excluding steroid dienone is 4. The fourth-order valence-electron chi connectivity index (χ4n) is 5.77. The van der Waals surface area contributed by atoms with Crippen molar-refractivity contribution >= 4 is 27.5 Å². The second-order valence-electron chi connectivity index (χ2n) is 12.5. The maximum atomic E-state index is 13.6. The van der Waals surface area contributed by atoms with Crippen molar-refractivity contribution in [3.05, 3.63) is 94.4 Å². The average Bonchev–Trinajstić information content (AvgIpc) is 2.93. The molecule has 0 fully saturated rings. The summed E-state index contributed by atoms with van der Waals surface area (Å²) < 4.78 is 62.1. The smallest absolute Gasteiger partial charge is 0.411 e. The van der Waals surface area contributed by atoms with Crippen LogP contribution < -0.4 is 10.6 Å². The molecule has 0 aromatic heterocycles. The Hall–Kier alpha value is -3.57. The zero-order chi connectivity index (χ0) is 34.9. The minimum Gasteiger partial charge on any atom is -0.411 e. The molecule has 0 aliphatic carbocycles. The summed E-state index contributed by atoms with van der Waals surface area (Å²) in [6.45, 7) is 13.8. The summed E-state index contributed by atoms with van der Waals surface area (Å²) in [5, 5.41) is 5.38. The van der Waals surface area contributed by atoms with Gasteiger partial charge in [-0.25, -0.2) is 4.21 Å². The van der Waals surface area contributed by atoms with Gasteiger partial charge in [-0.1, -0.05) is 77.4 Å². The lowest BCUT2D eigenvalue weighted by atomic mass is 9.67. The van der Waals surface area contributed by atoms with Crippen molar-refractivity contribution < 1.29 is 36.3 Å². The van der Waals surface area contributed by atoms with Gasteiger partial charge in [0.1, 0.15) is 5.76 Å². The number of nitrogens with one attached hydrogen (secondary N) is 2. The van der Waals surface area contributed by atoms with Crippen molar-refractivity contribution in [1.29, 1.82) is 0 Å². The number of halogens is 3. The fraction of sp³-hybridized carbons (Fsp3) is 0.457. The molecule has 2 aromatic rings. The van der Waals surface area contributed by atoms with Gasteiger partial charge in [0.25, 0.3) is 5.91 Å². The third-order valence-electron chi connectivity index (χ3n) is 8.07. The van der Waals surface area contributed by atoms with E-state index in [1.165, 1.54) is 13.0 Å².